The number of oxazole rings is 1. The molecule has 0 spiro atoms. The van der Waals surface area contributed by atoms with Gasteiger partial charge in [0, 0.05) is 24.7 Å². The van der Waals surface area contributed by atoms with Crippen molar-refractivity contribution in [3.8, 4) is 0 Å². The van der Waals surface area contributed by atoms with Crippen molar-refractivity contribution in [2.75, 3.05) is 25.0 Å². The molecule has 1 N–H and O–H groups in total. The molecule has 2 aromatic rings. The van der Waals surface area contributed by atoms with Gasteiger partial charge in [-0.15, -0.1) is 0 Å². The number of nitro benzene ring substituents is 1. The number of non-ortho nitro benzene ring substituents is 1. The maximum absolute atomic E-state index is 10.7. The average molecular weight is 290 g/mol. The number of nitrogens with one attached hydrogen (secondary N) is 1. The van der Waals surface area contributed by atoms with Gasteiger partial charge in [0.15, 0.2) is 5.58 Å². The van der Waals surface area contributed by atoms with Gasteiger partial charge in [-0.1, -0.05) is 0 Å². The molecule has 0 bridgehead atoms. The number of hydrogen-bond donors (Lipinski definition) is 1. The van der Waals surface area contributed by atoms with E-state index in [4.69, 9.17) is 4.42 Å². The van der Waals surface area contributed by atoms with Gasteiger partial charge in [0.25, 0.3) is 11.7 Å². The van der Waals surface area contributed by atoms with Crippen LogP contribution in [-0.4, -0.2) is 40.5 Å². The van der Waals surface area contributed by atoms with Crippen molar-refractivity contribution >= 4 is 22.8 Å². The van der Waals surface area contributed by atoms with Crippen LogP contribution >= 0.6 is 0 Å². The molecule has 112 valence electrons. The minimum absolute atomic E-state index is 0.0211. The van der Waals surface area contributed by atoms with E-state index in [0.717, 1.165) is 19.6 Å². The number of rotatable bonds is 5. The summed E-state index contributed by atoms with van der Waals surface area (Å²) in [6, 6.07) is 5.25. The Morgan fingerprint density at radius 3 is 2.95 bits per heavy atom. The molecule has 1 fully saturated rings. The SMILES string of the molecule is CC(CNc1nc2cc([N+](=O)[O-])ccc2o1)N1CCCC1. The maximum Gasteiger partial charge on any atom is 0.295 e. The topological polar surface area (TPSA) is 84.4 Å². The Bertz CT molecular complexity index is 649. The number of nitrogens with zero attached hydrogens (tertiary/aromatic N) is 3. The van der Waals surface area contributed by atoms with Gasteiger partial charge in [0.1, 0.15) is 5.52 Å². The van der Waals surface area contributed by atoms with E-state index in [0.29, 0.717) is 23.2 Å². The second-order valence-corrected chi connectivity index (χ2v) is 5.40. The van der Waals surface area contributed by atoms with Crippen molar-refractivity contribution in [3.63, 3.8) is 0 Å². The molecule has 1 saturated heterocycles. The zero-order valence-corrected chi connectivity index (χ0v) is 11.9. The second kappa shape index (κ2) is 5.69. The number of fused-ring (bicyclic) bond motifs is 1. The zero-order chi connectivity index (χ0) is 14.8. The summed E-state index contributed by atoms with van der Waals surface area (Å²) in [7, 11) is 0. The summed E-state index contributed by atoms with van der Waals surface area (Å²) < 4.78 is 5.55. The van der Waals surface area contributed by atoms with Crippen LogP contribution < -0.4 is 5.32 Å². The Morgan fingerprint density at radius 1 is 1.48 bits per heavy atom. The first-order chi connectivity index (χ1) is 10.1. The number of benzene rings is 1. The first-order valence-electron chi connectivity index (χ1n) is 7.16. The number of likely N-dealkylation sites (tertiary alicyclic amines) is 1. The zero-order valence-electron chi connectivity index (χ0n) is 11.9. The molecule has 1 aromatic heterocycles. The molecular weight excluding hydrogens is 272 g/mol. The monoisotopic (exact) mass is 290 g/mol. The molecule has 0 saturated carbocycles. The van der Waals surface area contributed by atoms with Crippen molar-refractivity contribution in [3.05, 3.63) is 28.3 Å². The highest BCUT2D eigenvalue weighted by molar-refractivity contribution is 5.77. The number of nitro groups is 1. The molecule has 1 aliphatic heterocycles. The molecule has 0 aliphatic carbocycles. The summed E-state index contributed by atoms with van der Waals surface area (Å²) in [4.78, 5) is 17.0. The summed E-state index contributed by atoms with van der Waals surface area (Å²) in [5, 5.41) is 13.9. The highest BCUT2D eigenvalue weighted by atomic mass is 16.6. The fourth-order valence-corrected chi connectivity index (χ4v) is 2.65. The van der Waals surface area contributed by atoms with Crippen molar-refractivity contribution in [2.24, 2.45) is 0 Å². The molecule has 0 amide bonds. The molecule has 2 heterocycles. The summed E-state index contributed by atoms with van der Waals surface area (Å²) in [6.45, 7) is 5.20. The van der Waals surface area contributed by atoms with E-state index in [1.54, 1.807) is 6.07 Å². The highest BCUT2D eigenvalue weighted by Crippen LogP contribution is 2.23. The van der Waals surface area contributed by atoms with E-state index in [-0.39, 0.29) is 5.69 Å². The van der Waals surface area contributed by atoms with Crippen LogP contribution in [0.15, 0.2) is 22.6 Å². The van der Waals surface area contributed by atoms with Gasteiger partial charge in [-0.25, -0.2) is 0 Å². The maximum atomic E-state index is 10.7. The third-order valence-corrected chi connectivity index (χ3v) is 3.89. The van der Waals surface area contributed by atoms with Crippen LogP contribution in [0.25, 0.3) is 11.1 Å². The van der Waals surface area contributed by atoms with E-state index in [1.165, 1.54) is 25.0 Å². The predicted octanol–water partition coefficient (Wildman–Crippen LogP) is 2.63. The van der Waals surface area contributed by atoms with Crippen LogP contribution in [0.3, 0.4) is 0 Å². The molecule has 3 rings (SSSR count). The van der Waals surface area contributed by atoms with Crippen molar-refractivity contribution in [1.82, 2.24) is 9.88 Å². The lowest BCUT2D eigenvalue weighted by Crippen LogP contribution is -2.35. The lowest BCUT2D eigenvalue weighted by atomic mass is 10.3. The van der Waals surface area contributed by atoms with E-state index in [1.807, 2.05) is 0 Å². The fourth-order valence-electron chi connectivity index (χ4n) is 2.65. The Labute approximate surface area is 122 Å². The van der Waals surface area contributed by atoms with Gasteiger partial charge in [-0.05, 0) is 38.9 Å². The predicted molar refractivity (Wildman–Crippen MR) is 79.4 cm³/mol. The fraction of sp³-hybridized carbons (Fsp3) is 0.500. The molecule has 1 atom stereocenters. The minimum Gasteiger partial charge on any atom is -0.424 e. The molecule has 7 nitrogen and oxygen atoms in total. The van der Waals surface area contributed by atoms with Crippen LogP contribution in [0.2, 0.25) is 0 Å². The third kappa shape index (κ3) is 2.97. The second-order valence-electron chi connectivity index (χ2n) is 5.40. The minimum atomic E-state index is -0.434. The first-order valence-corrected chi connectivity index (χ1v) is 7.16. The van der Waals surface area contributed by atoms with Crippen LogP contribution in [-0.2, 0) is 0 Å². The largest absolute Gasteiger partial charge is 0.424 e. The van der Waals surface area contributed by atoms with E-state index < -0.39 is 4.92 Å². The smallest absolute Gasteiger partial charge is 0.295 e. The molecule has 7 heteroatoms. The van der Waals surface area contributed by atoms with Gasteiger partial charge < -0.3 is 9.73 Å². The van der Waals surface area contributed by atoms with E-state index in [2.05, 4.69) is 22.1 Å². The standard InChI is InChI=1S/C14H18N4O3/c1-10(17-6-2-3-7-17)9-15-14-16-12-8-11(18(19)20)4-5-13(12)21-14/h4-5,8,10H,2-3,6-7,9H2,1H3,(H,15,16). The molecule has 21 heavy (non-hydrogen) atoms. The van der Waals surface area contributed by atoms with Crippen molar-refractivity contribution < 1.29 is 9.34 Å². The molecular formula is C14H18N4O3. The summed E-state index contributed by atoms with van der Waals surface area (Å²) in [5.74, 6) is 0. The Hall–Kier alpha value is -2.15. The van der Waals surface area contributed by atoms with Gasteiger partial charge in [0.2, 0.25) is 0 Å². The number of anilines is 1. The van der Waals surface area contributed by atoms with Crippen LogP contribution in [0.1, 0.15) is 19.8 Å². The molecule has 1 aromatic carbocycles. The van der Waals surface area contributed by atoms with E-state index >= 15 is 0 Å². The summed E-state index contributed by atoms with van der Waals surface area (Å²) in [5.41, 5.74) is 1.07. The third-order valence-electron chi connectivity index (χ3n) is 3.89. The highest BCUT2D eigenvalue weighted by Gasteiger charge is 2.18. The summed E-state index contributed by atoms with van der Waals surface area (Å²) >= 11 is 0. The first kappa shape index (κ1) is 13.8. The van der Waals surface area contributed by atoms with Crippen LogP contribution in [0.4, 0.5) is 11.7 Å². The number of aromatic nitrogens is 1. The van der Waals surface area contributed by atoms with Crippen LogP contribution in [0.5, 0.6) is 0 Å². The Kier molecular flexibility index (Phi) is 3.74. The van der Waals surface area contributed by atoms with Crippen molar-refractivity contribution in [1.29, 1.82) is 0 Å². The van der Waals surface area contributed by atoms with Gasteiger partial charge in [-0.3, -0.25) is 15.0 Å². The number of hydrogen-bond acceptors (Lipinski definition) is 6. The normalized spacial score (nSPS) is 17.2. The van der Waals surface area contributed by atoms with Gasteiger partial charge in [0.05, 0.1) is 4.92 Å². The Morgan fingerprint density at radius 2 is 2.24 bits per heavy atom. The quantitative estimate of drug-likeness (QED) is 0.673. The van der Waals surface area contributed by atoms with Crippen molar-refractivity contribution in [2.45, 2.75) is 25.8 Å². The Balaban J connectivity index is 1.68. The molecule has 0 radical (unpaired) electrons. The lowest BCUT2D eigenvalue weighted by molar-refractivity contribution is -0.384. The molecule has 1 unspecified atom stereocenters. The average Bonchev–Trinajstić information content (AvgIpc) is 3.12. The molecule has 1 aliphatic rings. The van der Waals surface area contributed by atoms with Gasteiger partial charge in [-0.2, -0.15) is 4.98 Å². The summed E-state index contributed by atoms with van der Waals surface area (Å²) in [6.07, 6.45) is 2.52. The lowest BCUT2D eigenvalue weighted by Gasteiger charge is -2.23. The van der Waals surface area contributed by atoms with Gasteiger partial charge >= 0.3 is 0 Å². The van der Waals surface area contributed by atoms with Crippen LogP contribution in [0, 0.1) is 10.1 Å². The van der Waals surface area contributed by atoms with E-state index in [9.17, 15) is 10.1 Å².